The second kappa shape index (κ2) is 9.55. The van der Waals surface area contributed by atoms with Gasteiger partial charge in [0.05, 0.1) is 30.2 Å². The molecular weight excluding hydrogens is 499 g/mol. The van der Waals surface area contributed by atoms with E-state index in [0.29, 0.717) is 13.0 Å². The van der Waals surface area contributed by atoms with Crippen LogP contribution in [0.5, 0.6) is 5.75 Å². The third-order valence-corrected chi connectivity index (χ3v) is 6.88. The van der Waals surface area contributed by atoms with Crippen molar-refractivity contribution in [1.82, 2.24) is 14.5 Å². The molecule has 1 aliphatic heterocycles. The Labute approximate surface area is 208 Å². The van der Waals surface area contributed by atoms with Gasteiger partial charge in [-0.15, -0.1) is 0 Å². The van der Waals surface area contributed by atoms with Gasteiger partial charge in [-0.1, -0.05) is 18.2 Å². The molecular formula is C25H25F5N4O3. The Morgan fingerprint density at radius 1 is 1.19 bits per heavy atom. The van der Waals surface area contributed by atoms with Crippen LogP contribution in [-0.2, 0) is 10.3 Å². The van der Waals surface area contributed by atoms with Crippen molar-refractivity contribution in [2.75, 3.05) is 18.5 Å². The summed E-state index contributed by atoms with van der Waals surface area (Å²) in [7, 11) is 0. The second-order valence-corrected chi connectivity index (χ2v) is 9.44. The van der Waals surface area contributed by atoms with Gasteiger partial charge in [-0.3, -0.25) is 9.36 Å². The Kier molecular flexibility index (Phi) is 6.55. The van der Waals surface area contributed by atoms with Crippen molar-refractivity contribution in [3.63, 3.8) is 0 Å². The Morgan fingerprint density at radius 3 is 2.54 bits per heavy atom. The highest BCUT2D eigenvalue weighted by Crippen LogP contribution is 2.48. The van der Waals surface area contributed by atoms with Gasteiger partial charge >= 0.3 is 0 Å². The van der Waals surface area contributed by atoms with Gasteiger partial charge in [-0.25, -0.2) is 31.9 Å². The highest BCUT2D eigenvalue weighted by atomic mass is 19.3. The van der Waals surface area contributed by atoms with Gasteiger partial charge in [0.2, 0.25) is 5.75 Å². The van der Waals surface area contributed by atoms with Gasteiger partial charge in [0.25, 0.3) is 18.4 Å². The molecule has 2 fully saturated rings. The molecule has 2 aromatic heterocycles. The lowest BCUT2D eigenvalue weighted by atomic mass is 10.0. The predicted octanol–water partition coefficient (Wildman–Crippen LogP) is 5.27. The Morgan fingerprint density at radius 2 is 1.92 bits per heavy atom. The number of rotatable bonds is 8. The lowest BCUT2D eigenvalue weighted by Crippen LogP contribution is -2.37. The molecule has 0 bridgehead atoms. The van der Waals surface area contributed by atoms with Crippen LogP contribution in [0.3, 0.4) is 0 Å². The molecule has 2 atom stereocenters. The third-order valence-electron chi connectivity index (χ3n) is 6.88. The number of nitrogens with zero attached hydrogens (tertiary/aromatic N) is 3. The monoisotopic (exact) mass is 524 g/mol. The Hall–Kier alpha value is -3.28. The maximum atomic E-state index is 14.8. The number of aryl methyl sites for hydroxylation is 1. The van der Waals surface area contributed by atoms with Gasteiger partial charge in [-0.2, -0.15) is 0 Å². The number of halogens is 5. The van der Waals surface area contributed by atoms with Crippen LogP contribution in [0.2, 0.25) is 0 Å². The van der Waals surface area contributed by atoms with E-state index in [1.165, 1.54) is 18.3 Å². The average Bonchev–Trinajstić information content (AvgIpc) is 3.49. The van der Waals surface area contributed by atoms with E-state index in [2.05, 4.69) is 15.3 Å². The number of pyridine rings is 1. The predicted molar refractivity (Wildman–Crippen MR) is 125 cm³/mol. The molecule has 3 heterocycles. The summed E-state index contributed by atoms with van der Waals surface area (Å²) in [6, 6.07) is 2.87. The summed E-state index contributed by atoms with van der Waals surface area (Å²) in [5.41, 5.74) is -3.04. The van der Waals surface area contributed by atoms with Crippen LogP contribution in [-0.4, -0.2) is 40.3 Å². The fourth-order valence-corrected chi connectivity index (χ4v) is 4.64. The molecule has 198 valence electrons. The van der Waals surface area contributed by atoms with Gasteiger partial charge < -0.3 is 14.8 Å². The molecule has 2 aliphatic rings. The average molecular weight is 524 g/mol. The molecule has 1 N–H and O–H groups in total. The van der Waals surface area contributed by atoms with E-state index in [4.69, 9.17) is 9.47 Å². The fourth-order valence-electron chi connectivity index (χ4n) is 4.64. The van der Waals surface area contributed by atoms with E-state index < -0.39 is 47.5 Å². The van der Waals surface area contributed by atoms with Crippen LogP contribution >= 0.6 is 0 Å². The van der Waals surface area contributed by atoms with Crippen molar-refractivity contribution in [2.45, 2.75) is 63.6 Å². The minimum atomic E-state index is -2.99. The number of benzene rings is 1. The zero-order valence-electron chi connectivity index (χ0n) is 20.1. The summed E-state index contributed by atoms with van der Waals surface area (Å²) in [6.45, 7) is 3.80. The van der Waals surface area contributed by atoms with Crippen LogP contribution in [0.15, 0.2) is 29.2 Å². The maximum Gasteiger partial charge on any atom is 0.295 e. The second-order valence-electron chi connectivity index (χ2n) is 9.44. The fraction of sp³-hybridized carbons (Fsp3) is 0.480. The van der Waals surface area contributed by atoms with Gasteiger partial charge in [0, 0.05) is 18.2 Å². The summed E-state index contributed by atoms with van der Waals surface area (Å²) >= 11 is 0. The molecule has 1 saturated carbocycles. The number of fused-ring (bicyclic) bond motifs is 1. The molecule has 1 aliphatic carbocycles. The van der Waals surface area contributed by atoms with E-state index in [-0.39, 0.29) is 53.3 Å². The first-order valence-electron chi connectivity index (χ1n) is 11.9. The molecule has 3 aromatic rings. The minimum absolute atomic E-state index is 0.0265. The number of hydrogen-bond donors (Lipinski definition) is 1. The molecule has 0 radical (unpaired) electrons. The van der Waals surface area contributed by atoms with E-state index in [1.807, 2.05) is 0 Å². The molecule has 1 aromatic carbocycles. The summed E-state index contributed by atoms with van der Waals surface area (Å²) < 4.78 is 81.7. The van der Waals surface area contributed by atoms with E-state index >= 15 is 0 Å². The van der Waals surface area contributed by atoms with Crippen molar-refractivity contribution in [1.29, 1.82) is 0 Å². The Bertz CT molecular complexity index is 1390. The highest BCUT2D eigenvalue weighted by Gasteiger charge is 2.54. The minimum Gasteiger partial charge on any atom is -0.480 e. The number of nitrogens with one attached hydrogen (secondary N) is 1. The summed E-state index contributed by atoms with van der Waals surface area (Å²) in [6.07, 6.45) is -4.23. The van der Waals surface area contributed by atoms with Crippen molar-refractivity contribution in [3.05, 3.63) is 57.5 Å². The molecule has 0 spiro atoms. The smallest absolute Gasteiger partial charge is 0.295 e. The van der Waals surface area contributed by atoms with E-state index in [0.717, 1.165) is 10.6 Å². The first-order chi connectivity index (χ1) is 17.6. The van der Waals surface area contributed by atoms with Gasteiger partial charge in [0.1, 0.15) is 34.6 Å². The van der Waals surface area contributed by atoms with Crippen molar-refractivity contribution < 1.29 is 31.4 Å². The van der Waals surface area contributed by atoms with E-state index in [9.17, 15) is 26.7 Å². The number of alkyl halides is 4. The van der Waals surface area contributed by atoms with Crippen LogP contribution in [0.25, 0.3) is 10.9 Å². The molecule has 7 nitrogen and oxygen atoms in total. The van der Waals surface area contributed by atoms with Crippen LogP contribution < -0.4 is 15.6 Å². The van der Waals surface area contributed by atoms with Crippen molar-refractivity contribution in [2.24, 2.45) is 0 Å². The van der Waals surface area contributed by atoms with E-state index in [1.54, 1.807) is 13.8 Å². The zero-order chi connectivity index (χ0) is 26.5. The lowest BCUT2D eigenvalue weighted by molar-refractivity contribution is 0.0643. The standard InChI is InChI=1S/C25H25F5N4O3/c1-12(15-4-3-5-16(18(15)26)21(27)28)31-22-17-10-34(25(7-8-25)24(29)30)23(35)20(19(17)32-13(2)33-22)37-14-6-9-36-11-14/h3-5,10,12,14,21,24H,6-9,11H2,1-2H3,(H,31,32,33)/t12-,14-/m1/s1. The zero-order valence-corrected chi connectivity index (χ0v) is 20.1. The van der Waals surface area contributed by atoms with Crippen LogP contribution in [0.4, 0.5) is 27.8 Å². The van der Waals surface area contributed by atoms with Crippen molar-refractivity contribution in [3.8, 4) is 5.75 Å². The topological polar surface area (TPSA) is 78.3 Å². The molecule has 5 rings (SSSR count). The van der Waals surface area contributed by atoms with Crippen LogP contribution in [0.1, 0.15) is 55.6 Å². The first-order valence-corrected chi connectivity index (χ1v) is 11.9. The molecule has 12 heteroatoms. The largest absolute Gasteiger partial charge is 0.480 e. The number of hydrogen-bond acceptors (Lipinski definition) is 6. The number of ether oxygens (including phenoxy) is 2. The maximum absolute atomic E-state index is 14.8. The first kappa shape index (κ1) is 25.4. The summed E-state index contributed by atoms with van der Waals surface area (Å²) in [5.74, 6) is -0.872. The van der Waals surface area contributed by atoms with Crippen LogP contribution in [0, 0.1) is 12.7 Å². The van der Waals surface area contributed by atoms with Gasteiger partial charge in [0.15, 0.2) is 0 Å². The summed E-state index contributed by atoms with van der Waals surface area (Å²) in [4.78, 5) is 22.2. The number of aromatic nitrogens is 3. The Balaban J connectivity index is 1.65. The highest BCUT2D eigenvalue weighted by molar-refractivity contribution is 5.92. The quantitative estimate of drug-likeness (QED) is 0.405. The normalized spacial score (nSPS) is 19.5. The van der Waals surface area contributed by atoms with Crippen molar-refractivity contribution >= 4 is 16.7 Å². The van der Waals surface area contributed by atoms with Gasteiger partial charge in [-0.05, 0) is 26.7 Å². The third kappa shape index (κ3) is 4.51. The SMILES string of the molecule is Cc1nc(N[C@H](C)c2cccc(C(F)F)c2F)c2cn(C3(C(F)F)CC3)c(=O)c(O[C@@H]3CCOC3)c2n1. The molecule has 0 unspecified atom stereocenters. The molecule has 1 saturated heterocycles. The lowest BCUT2D eigenvalue weighted by Gasteiger charge is -2.23. The summed E-state index contributed by atoms with van der Waals surface area (Å²) in [5, 5.41) is 3.21. The molecule has 0 amide bonds. The number of anilines is 1. The molecule has 37 heavy (non-hydrogen) atoms.